The molecule has 0 saturated heterocycles. The highest BCUT2D eigenvalue weighted by Gasteiger charge is 2.21. The molecule has 0 saturated carbocycles. The van der Waals surface area contributed by atoms with E-state index in [9.17, 15) is 9.18 Å². The summed E-state index contributed by atoms with van der Waals surface area (Å²) in [5.74, 6) is 0.457. The van der Waals surface area contributed by atoms with E-state index in [-0.39, 0.29) is 17.1 Å². The van der Waals surface area contributed by atoms with Crippen LogP contribution in [0.25, 0.3) is 11.4 Å². The highest BCUT2D eigenvalue weighted by molar-refractivity contribution is 5.55. The maximum atomic E-state index is 14.0. The lowest BCUT2D eigenvalue weighted by Gasteiger charge is -2.27. The molecule has 28 heavy (non-hydrogen) atoms. The Kier molecular flexibility index (Phi) is 4.96. The standard InChI is InChI=1S/C22H22FN3O2/c1-14-3-6-16(7-4-14)21-24-19-13-26(10-9-17(19)22(27)25-21)12-15-5-8-20(28-2)18(23)11-15/h3-8,11H,9-10,12-13H2,1-2H3,(H,24,25,27). The topological polar surface area (TPSA) is 58.2 Å². The number of hydrogen-bond donors (Lipinski definition) is 1. The molecule has 0 fully saturated rings. The van der Waals surface area contributed by atoms with Gasteiger partial charge in [0, 0.05) is 30.8 Å². The lowest BCUT2D eigenvalue weighted by atomic mass is 10.0. The molecule has 144 valence electrons. The predicted octanol–water partition coefficient (Wildman–Crippen LogP) is 3.45. The van der Waals surface area contributed by atoms with E-state index < -0.39 is 0 Å². The molecule has 1 aromatic heterocycles. The summed E-state index contributed by atoms with van der Waals surface area (Å²) in [6.45, 7) is 3.91. The monoisotopic (exact) mass is 379 g/mol. The third-order valence-corrected chi connectivity index (χ3v) is 5.10. The van der Waals surface area contributed by atoms with E-state index in [4.69, 9.17) is 9.72 Å². The number of ether oxygens (including phenoxy) is 1. The van der Waals surface area contributed by atoms with Crippen molar-refractivity contribution in [2.75, 3.05) is 13.7 Å². The zero-order valence-corrected chi connectivity index (χ0v) is 16.0. The largest absolute Gasteiger partial charge is 0.494 e. The summed E-state index contributed by atoms with van der Waals surface area (Å²) in [6, 6.07) is 12.9. The number of nitrogens with zero attached hydrogens (tertiary/aromatic N) is 2. The van der Waals surface area contributed by atoms with E-state index in [1.54, 1.807) is 6.07 Å². The minimum absolute atomic E-state index is 0.0734. The molecular weight excluding hydrogens is 357 g/mol. The molecule has 3 aromatic rings. The first kappa shape index (κ1) is 18.4. The SMILES string of the molecule is COc1ccc(CN2CCc3c(nc(-c4ccc(C)cc4)[nH]c3=O)C2)cc1F. The molecule has 4 rings (SSSR count). The van der Waals surface area contributed by atoms with Crippen LogP contribution in [0.2, 0.25) is 0 Å². The number of H-pyrrole nitrogens is 1. The Balaban J connectivity index is 1.58. The average molecular weight is 379 g/mol. The molecular formula is C22H22FN3O2. The van der Waals surface area contributed by atoms with Crippen molar-refractivity contribution < 1.29 is 9.13 Å². The van der Waals surface area contributed by atoms with Gasteiger partial charge in [0.2, 0.25) is 0 Å². The fraction of sp³-hybridized carbons (Fsp3) is 0.273. The van der Waals surface area contributed by atoms with Crippen LogP contribution in [0.3, 0.4) is 0 Å². The molecule has 2 aromatic carbocycles. The van der Waals surface area contributed by atoms with Crippen LogP contribution in [-0.4, -0.2) is 28.5 Å². The van der Waals surface area contributed by atoms with Crippen LogP contribution in [-0.2, 0) is 19.5 Å². The Bertz CT molecular complexity index is 1060. The van der Waals surface area contributed by atoms with Gasteiger partial charge in [-0.25, -0.2) is 9.37 Å². The van der Waals surface area contributed by atoms with Gasteiger partial charge >= 0.3 is 0 Å². The molecule has 1 N–H and O–H groups in total. The van der Waals surface area contributed by atoms with Gasteiger partial charge in [0.05, 0.1) is 12.8 Å². The summed E-state index contributed by atoms with van der Waals surface area (Å²) < 4.78 is 18.9. The highest BCUT2D eigenvalue weighted by Crippen LogP contribution is 2.22. The van der Waals surface area contributed by atoms with Gasteiger partial charge in [-0.15, -0.1) is 0 Å². The first-order chi connectivity index (χ1) is 13.5. The molecule has 0 spiro atoms. The van der Waals surface area contributed by atoms with Crippen molar-refractivity contribution in [3.05, 3.63) is 81.0 Å². The van der Waals surface area contributed by atoms with Crippen molar-refractivity contribution in [1.29, 1.82) is 0 Å². The average Bonchev–Trinajstić information content (AvgIpc) is 2.68. The van der Waals surface area contributed by atoms with E-state index >= 15 is 0 Å². The molecule has 0 amide bonds. The number of halogens is 1. The van der Waals surface area contributed by atoms with Crippen molar-refractivity contribution in [2.24, 2.45) is 0 Å². The van der Waals surface area contributed by atoms with Gasteiger partial charge in [-0.2, -0.15) is 0 Å². The Labute approximate surface area is 162 Å². The van der Waals surface area contributed by atoms with Crippen LogP contribution in [0.1, 0.15) is 22.4 Å². The summed E-state index contributed by atoms with van der Waals surface area (Å²) in [5, 5.41) is 0. The van der Waals surface area contributed by atoms with Gasteiger partial charge in [0.15, 0.2) is 11.6 Å². The van der Waals surface area contributed by atoms with Crippen LogP contribution >= 0.6 is 0 Å². The molecule has 1 aliphatic heterocycles. The second-order valence-corrected chi connectivity index (χ2v) is 7.14. The summed E-state index contributed by atoms with van der Waals surface area (Å²) >= 11 is 0. The third-order valence-electron chi connectivity index (χ3n) is 5.10. The van der Waals surface area contributed by atoms with Crippen LogP contribution < -0.4 is 10.3 Å². The number of aromatic nitrogens is 2. The maximum absolute atomic E-state index is 14.0. The molecule has 0 atom stereocenters. The van der Waals surface area contributed by atoms with Crippen molar-refractivity contribution in [2.45, 2.75) is 26.4 Å². The highest BCUT2D eigenvalue weighted by atomic mass is 19.1. The smallest absolute Gasteiger partial charge is 0.254 e. The number of nitrogens with one attached hydrogen (secondary N) is 1. The van der Waals surface area contributed by atoms with Crippen LogP contribution in [0.15, 0.2) is 47.3 Å². The van der Waals surface area contributed by atoms with Crippen LogP contribution in [0.5, 0.6) is 5.75 Å². The molecule has 1 aliphatic rings. The molecule has 0 aliphatic carbocycles. The van der Waals surface area contributed by atoms with Gasteiger partial charge in [0.25, 0.3) is 5.56 Å². The number of benzene rings is 2. The lowest BCUT2D eigenvalue weighted by molar-refractivity contribution is 0.240. The fourth-order valence-electron chi connectivity index (χ4n) is 3.54. The van der Waals surface area contributed by atoms with E-state index in [1.165, 1.54) is 13.2 Å². The minimum Gasteiger partial charge on any atom is -0.494 e. The minimum atomic E-state index is -0.367. The number of aryl methyl sites for hydroxylation is 1. The molecule has 0 bridgehead atoms. The molecule has 2 heterocycles. The third kappa shape index (κ3) is 3.68. The normalized spacial score (nSPS) is 14.0. The van der Waals surface area contributed by atoms with Crippen molar-refractivity contribution in [3.63, 3.8) is 0 Å². The number of hydrogen-bond acceptors (Lipinski definition) is 4. The molecule has 0 unspecified atom stereocenters. The molecule has 6 heteroatoms. The first-order valence-corrected chi connectivity index (χ1v) is 9.27. The van der Waals surface area contributed by atoms with E-state index in [0.29, 0.717) is 25.3 Å². The van der Waals surface area contributed by atoms with Gasteiger partial charge in [-0.3, -0.25) is 9.69 Å². The predicted molar refractivity (Wildman–Crippen MR) is 106 cm³/mol. The molecule has 0 radical (unpaired) electrons. The van der Waals surface area contributed by atoms with Gasteiger partial charge in [-0.05, 0) is 31.0 Å². The Morgan fingerprint density at radius 3 is 2.71 bits per heavy atom. The maximum Gasteiger partial charge on any atom is 0.254 e. The number of fused-ring (bicyclic) bond motifs is 1. The fourth-order valence-corrected chi connectivity index (χ4v) is 3.54. The van der Waals surface area contributed by atoms with Crippen molar-refractivity contribution in [1.82, 2.24) is 14.9 Å². The Morgan fingerprint density at radius 2 is 2.00 bits per heavy atom. The first-order valence-electron chi connectivity index (χ1n) is 9.27. The zero-order chi connectivity index (χ0) is 19.7. The quantitative estimate of drug-likeness (QED) is 0.754. The van der Waals surface area contributed by atoms with Gasteiger partial charge in [0.1, 0.15) is 5.82 Å². The summed E-state index contributed by atoms with van der Waals surface area (Å²) in [5.41, 5.74) is 4.37. The Morgan fingerprint density at radius 1 is 1.21 bits per heavy atom. The van der Waals surface area contributed by atoms with Crippen LogP contribution in [0, 0.1) is 12.7 Å². The molecule has 5 nitrogen and oxygen atoms in total. The number of methoxy groups -OCH3 is 1. The second kappa shape index (κ2) is 7.56. The lowest BCUT2D eigenvalue weighted by Crippen LogP contribution is -2.35. The second-order valence-electron chi connectivity index (χ2n) is 7.14. The summed E-state index contributed by atoms with van der Waals surface area (Å²) in [4.78, 5) is 22.3. The van der Waals surface area contributed by atoms with Gasteiger partial charge < -0.3 is 9.72 Å². The van der Waals surface area contributed by atoms with Gasteiger partial charge in [-0.1, -0.05) is 35.9 Å². The van der Waals surface area contributed by atoms with E-state index in [0.717, 1.165) is 34.5 Å². The van der Waals surface area contributed by atoms with E-state index in [2.05, 4.69) is 9.88 Å². The van der Waals surface area contributed by atoms with Crippen molar-refractivity contribution in [3.8, 4) is 17.1 Å². The zero-order valence-electron chi connectivity index (χ0n) is 16.0. The number of rotatable bonds is 4. The van der Waals surface area contributed by atoms with E-state index in [1.807, 2.05) is 37.3 Å². The number of aromatic amines is 1. The van der Waals surface area contributed by atoms with Crippen molar-refractivity contribution >= 4 is 0 Å². The summed E-state index contributed by atoms with van der Waals surface area (Å²) in [7, 11) is 1.45. The van der Waals surface area contributed by atoms with Crippen LogP contribution in [0.4, 0.5) is 4.39 Å². The Hall–Kier alpha value is -2.99. The summed E-state index contributed by atoms with van der Waals surface area (Å²) in [6.07, 6.45) is 0.629.